The number of carbonyl (C=O) groups is 1. The number of rotatable bonds is 5. The smallest absolute Gasteiger partial charge is 0.240 e. The maximum Gasteiger partial charge on any atom is 0.240 e. The van der Waals surface area contributed by atoms with Gasteiger partial charge in [0.25, 0.3) is 0 Å². The monoisotopic (exact) mass is 214 g/mol. The van der Waals surface area contributed by atoms with E-state index in [1.54, 1.807) is 0 Å². The summed E-state index contributed by atoms with van der Waals surface area (Å²) in [5, 5.41) is 12.6. The third-order valence-electron chi connectivity index (χ3n) is 3.58. The highest BCUT2D eigenvalue weighted by molar-refractivity contribution is 5.85. The highest BCUT2D eigenvalue weighted by Crippen LogP contribution is 2.30. The van der Waals surface area contributed by atoms with Crippen molar-refractivity contribution in [1.29, 1.82) is 0 Å². The third kappa shape index (κ3) is 2.69. The molecule has 0 aromatic rings. The van der Waals surface area contributed by atoms with Crippen molar-refractivity contribution >= 4 is 5.91 Å². The Labute approximate surface area is 91.2 Å². The minimum atomic E-state index is -0.778. The molecule has 1 rings (SSSR count). The van der Waals surface area contributed by atoms with Crippen LogP contribution >= 0.6 is 0 Å². The Morgan fingerprint density at radius 1 is 1.47 bits per heavy atom. The van der Waals surface area contributed by atoms with E-state index in [0.717, 1.165) is 19.3 Å². The van der Waals surface area contributed by atoms with E-state index in [9.17, 15) is 9.90 Å². The molecule has 1 aliphatic rings. The lowest BCUT2D eigenvalue weighted by molar-refractivity contribution is -0.129. The van der Waals surface area contributed by atoms with Gasteiger partial charge < -0.3 is 16.2 Å². The Balaban J connectivity index is 2.41. The van der Waals surface area contributed by atoms with Crippen LogP contribution in [0.2, 0.25) is 0 Å². The standard InChI is InChI=1S/C11H22N2O2/c1-3-11(12,4-2)9(14)13-8-10(15)6-5-7-10/h15H,3-8,12H2,1-2H3,(H,13,14). The molecule has 4 N–H and O–H groups in total. The Morgan fingerprint density at radius 2 is 2.00 bits per heavy atom. The molecule has 88 valence electrons. The number of amides is 1. The van der Waals surface area contributed by atoms with Crippen molar-refractivity contribution in [1.82, 2.24) is 5.32 Å². The van der Waals surface area contributed by atoms with E-state index >= 15 is 0 Å². The second-order valence-corrected chi connectivity index (χ2v) is 4.62. The largest absolute Gasteiger partial charge is 0.388 e. The molecular formula is C11H22N2O2. The van der Waals surface area contributed by atoms with Gasteiger partial charge in [-0.25, -0.2) is 0 Å². The predicted octanol–water partition coefficient (Wildman–Crippen LogP) is 0.535. The normalized spacial score (nSPS) is 19.5. The predicted molar refractivity (Wildman–Crippen MR) is 59.3 cm³/mol. The summed E-state index contributed by atoms with van der Waals surface area (Å²) in [4.78, 5) is 11.8. The molecule has 0 heterocycles. The zero-order valence-electron chi connectivity index (χ0n) is 9.68. The molecule has 1 amide bonds. The molecule has 0 radical (unpaired) electrons. The van der Waals surface area contributed by atoms with Crippen LogP contribution in [0.3, 0.4) is 0 Å². The van der Waals surface area contributed by atoms with Crippen molar-refractivity contribution < 1.29 is 9.90 Å². The van der Waals surface area contributed by atoms with Crippen molar-refractivity contribution in [2.75, 3.05) is 6.54 Å². The topological polar surface area (TPSA) is 75.4 Å². The van der Waals surface area contributed by atoms with E-state index in [1.807, 2.05) is 13.8 Å². The number of hydrogen-bond donors (Lipinski definition) is 3. The van der Waals surface area contributed by atoms with Crippen molar-refractivity contribution in [2.45, 2.75) is 57.1 Å². The van der Waals surface area contributed by atoms with Crippen LogP contribution in [0.4, 0.5) is 0 Å². The molecule has 0 unspecified atom stereocenters. The van der Waals surface area contributed by atoms with Crippen LogP contribution < -0.4 is 11.1 Å². The van der Waals surface area contributed by atoms with Crippen LogP contribution in [-0.2, 0) is 4.79 Å². The molecule has 0 aliphatic heterocycles. The number of nitrogens with one attached hydrogen (secondary N) is 1. The van der Waals surface area contributed by atoms with Crippen molar-refractivity contribution in [3.8, 4) is 0 Å². The molecular weight excluding hydrogens is 192 g/mol. The Kier molecular flexibility index (Phi) is 3.73. The highest BCUT2D eigenvalue weighted by Gasteiger charge is 2.37. The highest BCUT2D eigenvalue weighted by atomic mass is 16.3. The molecule has 4 heteroatoms. The van der Waals surface area contributed by atoms with Gasteiger partial charge in [-0.3, -0.25) is 4.79 Å². The lowest BCUT2D eigenvalue weighted by Crippen LogP contribution is -2.57. The fraction of sp³-hybridized carbons (Fsp3) is 0.909. The van der Waals surface area contributed by atoms with Crippen LogP contribution in [0.25, 0.3) is 0 Å². The average Bonchev–Trinajstić information content (AvgIpc) is 2.21. The first-order valence-corrected chi connectivity index (χ1v) is 5.75. The van der Waals surface area contributed by atoms with Crippen LogP contribution in [0.5, 0.6) is 0 Å². The van der Waals surface area contributed by atoms with Crippen molar-refractivity contribution in [3.63, 3.8) is 0 Å². The fourth-order valence-corrected chi connectivity index (χ4v) is 1.75. The van der Waals surface area contributed by atoms with Crippen LogP contribution in [-0.4, -0.2) is 28.7 Å². The third-order valence-corrected chi connectivity index (χ3v) is 3.58. The van der Waals surface area contributed by atoms with E-state index in [2.05, 4.69) is 5.32 Å². The van der Waals surface area contributed by atoms with Gasteiger partial charge in [0, 0.05) is 6.54 Å². The lowest BCUT2D eigenvalue weighted by Gasteiger charge is -2.37. The first-order valence-electron chi connectivity index (χ1n) is 5.75. The maximum absolute atomic E-state index is 11.8. The molecule has 0 saturated heterocycles. The number of carbonyl (C=O) groups excluding carboxylic acids is 1. The van der Waals surface area contributed by atoms with Gasteiger partial charge in [0.05, 0.1) is 11.1 Å². The van der Waals surface area contributed by atoms with Crippen LogP contribution in [0, 0.1) is 0 Å². The maximum atomic E-state index is 11.8. The molecule has 15 heavy (non-hydrogen) atoms. The summed E-state index contributed by atoms with van der Waals surface area (Å²) in [6.07, 6.45) is 3.84. The van der Waals surface area contributed by atoms with E-state index < -0.39 is 11.1 Å². The molecule has 0 aromatic heterocycles. The number of nitrogens with two attached hydrogens (primary N) is 1. The van der Waals surface area contributed by atoms with Gasteiger partial charge in [-0.2, -0.15) is 0 Å². The summed E-state index contributed by atoms with van der Waals surface area (Å²) in [5.41, 5.74) is 4.49. The summed E-state index contributed by atoms with van der Waals surface area (Å²) in [7, 11) is 0. The molecule has 4 nitrogen and oxygen atoms in total. The Hall–Kier alpha value is -0.610. The summed E-state index contributed by atoms with van der Waals surface area (Å²) in [5.74, 6) is -0.146. The van der Waals surface area contributed by atoms with Gasteiger partial charge in [-0.1, -0.05) is 13.8 Å². The molecule has 0 atom stereocenters. The van der Waals surface area contributed by atoms with Crippen LogP contribution in [0.15, 0.2) is 0 Å². The molecule has 0 bridgehead atoms. The summed E-state index contributed by atoms with van der Waals surface area (Å²) in [6.45, 7) is 4.15. The first-order chi connectivity index (χ1) is 6.96. The zero-order valence-corrected chi connectivity index (χ0v) is 9.68. The summed E-state index contributed by atoms with van der Waals surface area (Å²) >= 11 is 0. The van der Waals surface area contributed by atoms with E-state index in [4.69, 9.17) is 5.73 Å². The fourth-order valence-electron chi connectivity index (χ4n) is 1.75. The zero-order chi connectivity index (χ0) is 11.5. The summed E-state index contributed by atoms with van der Waals surface area (Å²) < 4.78 is 0. The van der Waals surface area contributed by atoms with Crippen LogP contribution in [0.1, 0.15) is 46.0 Å². The van der Waals surface area contributed by atoms with Gasteiger partial charge >= 0.3 is 0 Å². The number of hydrogen-bond acceptors (Lipinski definition) is 3. The molecule has 1 fully saturated rings. The first kappa shape index (κ1) is 12.5. The van der Waals surface area contributed by atoms with Crippen molar-refractivity contribution in [2.24, 2.45) is 5.73 Å². The minimum absolute atomic E-state index is 0.146. The van der Waals surface area contributed by atoms with Crippen molar-refractivity contribution in [3.05, 3.63) is 0 Å². The number of aliphatic hydroxyl groups is 1. The van der Waals surface area contributed by atoms with Gasteiger partial charge in [0.1, 0.15) is 0 Å². The SMILES string of the molecule is CCC(N)(CC)C(=O)NCC1(O)CCC1. The van der Waals surface area contributed by atoms with Gasteiger partial charge in [0.15, 0.2) is 0 Å². The van der Waals surface area contributed by atoms with E-state index in [-0.39, 0.29) is 5.91 Å². The van der Waals surface area contributed by atoms with Gasteiger partial charge in [-0.05, 0) is 32.1 Å². The Morgan fingerprint density at radius 3 is 2.33 bits per heavy atom. The molecule has 0 spiro atoms. The van der Waals surface area contributed by atoms with Gasteiger partial charge in [-0.15, -0.1) is 0 Å². The van der Waals surface area contributed by atoms with E-state index in [1.165, 1.54) is 0 Å². The second kappa shape index (κ2) is 4.49. The van der Waals surface area contributed by atoms with E-state index in [0.29, 0.717) is 19.4 Å². The minimum Gasteiger partial charge on any atom is -0.388 e. The van der Waals surface area contributed by atoms with Gasteiger partial charge in [0.2, 0.25) is 5.91 Å². The molecule has 1 saturated carbocycles. The Bertz CT molecular complexity index is 233. The lowest BCUT2D eigenvalue weighted by atomic mass is 9.80. The summed E-state index contributed by atoms with van der Waals surface area (Å²) in [6, 6.07) is 0. The average molecular weight is 214 g/mol. The molecule has 0 aromatic carbocycles. The second-order valence-electron chi connectivity index (χ2n) is 4.62. The quantitative estimate of drug-likeness (QED) is 0.625. The molecule has 1 aliphatic carbocycles.